The quantitative estimate of drug-likeness (QED) is 0.379. The van der Waals surface area contributed by atoms with Crippen LogP contribution in [0.4, 0.5) is 0 Å². The molecule has 0 saturated heterocycles. The summed E-state index contributed by atoms with van der Waals surface area (Å²) in [5, 5.41) is 17.1. The number of nitrogens with zero attached hydrogens (tertiary/aromatic N) is 1. The maximum absolute atomic E-state index is 10.3. The molecule has 0 saturated carbocycles. The van der Waals surface area contributed by atoms with Crippen LogP contribution in [0.1, 0.15) is 51.9 Å². The summed E-state index contributed by atoms with van der Waals surface area (Å²) < 4.78 is 0. The van der Waals surface area contributed by atoms with Crippen molar-refractivity contribution in [1.29, 1.82) is 5.26 Å². The highest BCUT2D eigenvalue weighted by Gasteiger charge is 1.99. The molecular formula is C12H19NO2. The molecule has 3 nitrogen and oxygen atoms in total. The number of carboxylic acids is 1. The van der Waals surface area contributed by atoms with Crippen LogP contribution in [-0.4, -0.2) is 11.1 Å². The summed E-state index contributed by atoms with van der Waals surface area (Å²) in [5.74, 6) is -1.03. The van der Waals surface area contributed by atoms with E-state index in [0.717, 1.165) is 18.9 Å². The Bertz CT molecular complexity index is 251. The van der Waals surface area contributed by atoms with Gasteiger partial charge >= 0.3 is 5.97 Å². The fourth-order valence-electron chi connectivity index (χ4n) is 1.41. The van der Waals surface area contributed by atoms with Gasteiger partial charge in [-0.1, -0.05) is 39.0 Å². The van der Waals surface area contributed by atoms with Gasteiger partial charge in [-0.2, -0.15) is 5.26 Å². The monoisotopic (exact) mass is 209 g/mol. The topological polar surface area (TPSA) is 61.1 Å². The van der Waals surface area contributed by atoms with Crippen molar-refractivity contribution < 1.29 is 9.90 Å². The Kier molecular flexibility index (Phi) is 8.46. The lowest BCUT2D eigenvalue weighted by atomic mass is 10.1. The van der Waals surface area contributed by atoms with Crippen molar-refractivity contribution in [3.63, 3.8) is 0 Å². The largest absolute Gasteiger partial charge is 0.478 e. The Morgan fingerprint density at radius 2 is 1.87 bits per heavy atom. The van der Waals surface area contributed by atoms with E-state index >= 15 is 0 Å². The highest BCUT2D eigenvalue weighted by molar-refractivity contribution is 5.81. The summed E-state index contributed by atoms with van der Waals surface area (Å²) in [6.07, 6.45) is 8.50. The highest BCUT2D eigenvalue weighted by Crippen LogP contribution is 2.11. The lowest BCUT2D eigenvalue weighted by molar-refractivity contribution is -0.131. The molecule has 84 valence electrons. The summed E-state index contributed by atoms with van der Waals surface area (Å²) in [6, 6.07) is 1.92. The molecule has 0 heterocycles. The van der Waals surface area contributed by atoms with Crippen LogP contribution in [0.5, 0.6) is 0 Å². The van der Waals surface area contributed by atoms with E-state index in [2.05, 4.69) is 6.92 Å². The Morgan fingerprint density at radius 1 is 1.27 bits per heavy atom. The summed E-state index contributed by atoms with van der Waals surface area (Å²) in [6.45, 7) is 2.17. The normalized spacial score (nSPS) is 11.1. The number of carbonyl (C=O) groups is 1. The van der Waals surface area contributed by atoms with E-state index in [9.17, 15) is 4.79 Å². The second-order valence-electron chi connectivity index (χ2n) is 3.64. The number of hydrogen-bond donors (Lipinski definition) is 1. The Balaban J connectivity index is 3.57. The fraction of sp³-hybridized carbons (Fsp3) is 0.667. The molecule has 0 fully saturated rings. The first-order valence-corrected chi connectivity index (χ1v) is 5.54. The van der Waals surface area contributed by atoms with Crippen molar-refractivity contribution in [2.75, 3.05) is 0 Å². The van der Waals surface area contributed by atoms with Gasteiger partial charge in [0.05, 0.1) is 6.07 Å². The first kappa shape index (κ1) is 13.7. The van der Waals surface area contributed by atoms with Crippen LogP contribution in [0.25, 0.3) is 0 Å². The molecule has 0 aromatic heterocycles. The average Bonchev–Trinajstić information content (AvgIpc) is 2.20. The van der Waals surface area contributed by atoms with Gasteiger partial charge in [0.15, 0.2) is 0 Å². The number of hydrogen-bond acceptors (Lipinski definition) is 2. The fourth-order valence-corrected chi connectivity index (χ4v) is 1.41. The number of rotatable bonds is 8. The van der Waals surface area contributed by atoms with Crippen molar-refractivity contribution in [1.82, 2.24) is 0 Å². The van der Waals surface area contributed by atoms with Crippen LogP contribution in [0, 0.1) is 11.3 Å². The molecule has 0 aromatic rings. The maximum Gasteiger partial charge on any atom is 0.329 e. The second-order valence-corrected chi connectivity index (χ2v) is 3.64. The predicted molar refractivity (Wildman–Crippen MR) is 59.3 cm³/mol. The molecule has 0 aliphatic rings. The molecule has 0 aliphatic heterocycles. The van der Waals surface area contributed by atoms with Crippen molar-refractivity contribution in [3.05, 3.63) is 11.6 Å². The summed E-state index contributed by atoms with van der Waals surface area (Å²) in [5.41, 5.74) is 0.373. The van der Waals surface area contributed by atoms with Crippen LogP contribution in [0.15, 0.2) is 11.6 Å². The zero-order chi connectivity index (χ0) is 11.5. The van der Waals surface area contributed by atoms with E-state index < -0.39 is 5.97 Å². The Labute approximate surface area is 91.4 Å². The maximum atomic E-state index is 10.3. The molecular weight excluding hydrogens is 190 g/mol. The van der Waals surface area contributed by atoms with Gasteiger partial charge in [-0.3, -0.25) is 0 Å². The summed E-state index contributed by atoms with van der Waals surface area (Å²) in [7, 11) is 0. The van der Waals surface area contributed by atoms with Crippen LogP contribution >= 0.6 is 0 Å². The van der Waals surface area contributed by atoms with Gasteiger partial charge in [-0.25, -0.2) is 4.79 Å². The summed E-state index contributed by atoms with van der Waals surface area (Å²) in [4.78, 5) is 10.3. The lowest BCUT2D eigenvalue weighted by Crippen LogP contribution is -1.91. The van der Waals surface area contributed by atoms with E-state index in [4.69, 9.17) is 10.4 Å². The second kappa shape index (κ2) is 9.26. The van der Waals surface area contributed by atoms with Crippen LogP contribution in [-0.2, 0) is 4.79 Å². The lowest BCUT2D eigenvalue weighted by Gasteiger charge is -1.99. The molecule has 0 spiro atoms. The molecule has 0 aromatic carbocycles. The van der Waals surface area contributed by atoms with E-state index in [1.54, 1.807) is 0 Å². The average molecular weight is 209 g/mol. The molecule has 0 atom stereocenters. The van der Waals surface area contributed by atoms with Crippen molar-refractivity contribution in [2.45, 2.75) is 51.9 Å². The molecule has 0 aliphatic carbocycles. The zero-order valence-corrected chi connectivity index (χ0v) is 9.33. The number of unbranched alkanes of at least 4 members (excludes halogenated alkanes) is 5. The summed E-state index contributed by atoms with van der Waals surface area (Å²) >= 11 is 0. The predicted octanol–water partition coefficient (Wildman–Crippen LogP) is 3.27. The van der Waals surface area contributed by atoms with Gasteiger partial charge in [0.2, 0.25) is 0 Å². The molecule has 0 bridgehead atoms. The SMILES string of the molecule is CCCCCCCCC(C#N)=CC(=O)O. The number of allylic oxidation sites excluding steroid dienone is 1. The van der Waals surface area contributed by atoms with Crippen LogP contribution < -0.4 is 0 Å². The van der Waals surface area contributed by atoms with Gasteiger partial charge in [0, 0.05) is 11.6 Å². The Hall–Kier alpha value is -1.30. The number of carboxylic acid groups (broad SMARTS) is 1. The molecule has 0 amide bonds. The van der Waals surface area contributed by atoms with E-state index in [0.29, 0.717) is 12.0 Å². The van der Waals surface area contributed by atoms with Crippen LogP contribution in [0.2, 0.25) is 0 Å². The first-order chi connectivity index (χ1) is 7.20. The third-order valence-corrected chi connectivity index (χ3v) is 2.24. The molecule has 3 heteroatoms. The van der Waals surface area contributed by atoms with Crippen LogP contribution in [0.3, 0.4) is 0 Å². The zero-order valence-electron chi connectivity index (χ0n) is 9.33. The minimum Gasteiger partial charge on any atom is -0.478 e. The smallest absolute Gasteiger partial charge is 0.329 e. The third-order valence-electron chi connectivity index (χ3n) is 2.24. The standard InChI is InChI=1S/C12H19NO2/c1-2-3-4-5-6-7-8-11(10-13)9-12(14)15/h9H,2-8H2,1H3,(H,14,15). The van der Waals surface area contributed by atoms with E-state index in [-0.39, 0.29) is 0 Å². The van der Waals surface area contributed by atoms with E-state index in [1.165, 1.54) is 25.7 Å². The first-order valence-electron chi connectivity index (χ1n) is 5.54. The minimum absolute atomic E-state index is 0.373. The van der Waals surface area contributed by atoms with Gasteiger partial charge in [0.1, 0.15) is 0 Å². The molecule has 0 rings (SSSR count). The number of aliphatic carboxylic acids is 1. The van der Waals surface area contributed by atoms with Gasteiger partial charge in [-0.05, 0) is 12.8 Å². The minimum atomic E-state index is -1.03. The molecule has 1 N–H and O–H groups in total. The van der Waals surface area contributed by atoms with Gasteiger partial charge < -0.3 is 5.11 Å². The Morgan fingerprint density at radius 3 is 2.40 bits per heavy atom. The molecule has 15 heavy (non-hydrogen) atoms. The number of nitriles is 1. The molecule has 0 radical (unpaired) electrons. The van der Waals surface area contributed by atoms with E-state index in [1.807, 2.05) is 6.07 Å². The molecule has 0 unspecified atom stereocenters. The van der Waals surface area contributed by atoms with Crippen molar-refractivity contribution in [3.8, 4) is 6.07 Å². The van der Waals surface area contributed by atoms with Gasteiger partial charge in [0.25, 0.3) is 0 Å². The van der Waals surface area contributed by atoms with Crippen molar-refractivity contribution >= 4 is 5.97 Å². The van der Waals surface area contributed by atoms with Crippen molar-refractivity contribution in [2.24, 2.45) is 0 Å². The highest BCUT2D eigenvalue weighted by atomic mass is 16.4. The third kappa shape index (κ3) is 9.01. The van der Waals surface area contributed by atoms with Gasteiger partial charge in [-0.15, -0.1) is 0 Å².